The van der Waals surface area contributed by atoms with Crippen molar-refractivity contribution < 1.29 is 9.47 Å². The molecule has 0 fully saturated rings. The van der Waals surface area contributed by atoms with Gasteiger partial charge in [0.25, 0.3) is 0 Å². The molecule has 4 heteroatoms. The number of ether oxygens (including phenoxy) is 2. The Morgan fingerprint density at radius 3 is 2.13 bits per heavy atom. The van der Waals surface area contributed by atoms with Gasteiger partial charge < -0.3 is 20.9 Å². The SMILES string of the molecule is CCCCC(Oc1ccc(N)c(C)c1)Oc1ccc(C)c(N)c1. The van der Waals surface area contributed by atoms with E-state index in [2.05, 4.69) is 6.92 Å². The van der Waals surface area contributed by atoms with Crippen LogP contribution in [0.1, 0.15) is 37.3 Å². The van der Waals surface area contributed by atoms with Gasteiger partial charge in [-0.1, -0.05) is 19.4 Å². The highest BCUT2D eigenvalue weighted by molar-refractivity contribution is 5.51. The normalized spacial score (nSPS) is 12.0. The lowest BCUT2D eigenvalue weighted by Gasteiger charge is -2.21. The first kappa shape index (κ1) is 17.0. The number of aryl methyl sites for hydroxylation is 2. The van der Waals surface area contributed by atoms with Crippen LogP contribution in [0.15, 0.2) is 36.4 Å². The van der Waals surface area contributed by atoms with Gasteiger partial charge in [0, 0.05) is 23.9 Å². The summed E-state index contributed by atoms with van der Waals surface area (Å²) in [6.45, 7) is 6.08. The summed E-state index contributed by atoms with van der Waals surface area (Å²) in [5.74, 6) is 1.49. The van der Waals surface area contributed by atoms with Crippen LogP contribution >= 0.6 is 0 Å². The largest absolute Gasteiger partial charge is 0.455 e. The van der Waals surface area contributed by atoms with Gasteiger partial charge in [-0.2, -0.15) is 0 Å². The summed E-state index contributed by atoms with van der Waals surface area (Å²) in [6, 6.07) is 11.4. The van der Waals surface area contributed by atoms with Crippen LogP contribution in [0.3, 0.4) is 0 Å². The average Bonchev–Trinajstić information content (AvgIpc) is 2.52. The molecule has 0 radical (unpaired) electrons. The minimum atomic E-state index is -0.347. The first-order valence-electron chi connectivity index (χ1n) is 8.05. The first-order chi connectivity index (χ1) is 11.0. The van der Waals surface area contributed by atoms with Gasteiger partial charge in [0.05, 0.1) is 0 Å². The van der Waals surface area contributed by atoms with Crippen molar-refractivity contribution in [2.75, 3.05) is 11.5 Å². The number of nitrogens with two attached hydrogens (primary N) is 2. The van der Waals surface area contributed by atoms with Gasteiger partial charge in [-0.3, -0.25) is 0 Å². The minimum absolute atomic E-state index is 0.347. The van der Waals surface area contributed by atoms with Gasteiger partial charge in [0.2, 0.25) is 6.29 Å². The Bertz CT molecular complexity index is 602. The molecule has 2 rings (SSSR count). The van der Waals surface area contributed by atoms with Crippen molar-refractivity contribution in [2.45, 2.75) is 46.3 Å². The van der Waals surface area contributed by atoms with Gasteiger partial charge in [-0.15, -0.1) is 0 Å². The Labute approximate surface area is 138 Å². The molecule has 1 unspecified atom stereocenters. The molecule has 0 bridgehead atoms. The maximum Gasteiger partial charge on any atom is 0.241 e. The predicted octanol–water partition coefficient (Wildman–Crippen LogP) is 4.44. The summed E-state index contributed by atoms with van der Waals surface area (Å²) in [5, 5.41) is 0. The van der Waals surface area contributed by atoms with Crippen LogP contribution in [0.25, 0.3) is 0 Å². The third-order valence-corrected chi connectivity index (χ3v) is 3.82. The number of anilines is 2. The van der Waals surface area contributed by atoms with E-state index in [-0.39, 0.29) is 6.29 Å². The predicted molar refractivity (Wildman–Crippen MR) is 95.8 cm³/mol. The summed E-state index contributed by atoms with van der Waals surface area (Å²) in [7, 11) is 0. The zero-order valence-electron chi connectivity index (χ0n) is 14.1. The second-order valence-corrected chi connectivity index (χ2v) is 5.84. The van der Waals surface area contributed by atoms with Crippen molar-refractivity contribution in [3.05, 3.63) is 47.5 Å². The highest BCUT2D eigenvalue weighted by Crippen LogP contribution is 2.24. The third-order valence-electron chi connectivity index (χ3n) is 3.82. The minimum Gasteiger partial charge on any atom is -0.455 e. The van der Waals surface area contributed by atoms with E-state index in [0.717, 1.165) is 53.3 Å². The number of hydrogen-bond donors (Lipinski definition) is 2. The van der Waals surface area contributed by atoms with Crippen molar-refractivity contribution in [1.29, 1.82) is 0 Å². The van der Waals surface area contributed by atoms with E-state index in [1.807, 2.05) is 50.2 Å². The van der Waals surface area contributed by atoms with Gasteiger partial charge in [-0.25, -0.2) is 0 Å². The van der Waals surface area contributed by atoms with Crippen LogP contribution in [0.4, 0.5) is 11.4 Å². The average molecular weight is 314 g/mol. The summed E-state index contributed by atoms with van der Waals surface area (Å²) < 4.78 is 12.0. The molecule has 0 saturated heterocycles. The number of hydrogen-bond acceptors (Lipinski definition) is 4. The van der Waals surface area contributed by atoms with E-state index < -0.39 is 0 Å². The van der Waals surface area contributed by atoms with Crippen molar-refractivity contribution in [3.8, 4) is 11.5 Å². The van der Waals surface area contributed by atoms with Crippen molar-refractivity contribution >= 4 is 11.4 Å². The number of nitrogen functional groups attached to an aromatic ring is 2. The molecule has 2 aromatic carbocycles. The molecule has 0 saturated carbocycles. The molecular weight excluding hydrogens is 288 g/mol. The Kier molecular flexibility index (Phi) is 5.74. The Balaban J connectivity index is 2.12. The maximum atomic E-state index is 6.01. The fourth-order valence-corrected chi connectivity index (χ4v) is 2.23. The molecule has 0 spiro atoms. The second-order valence-electron chi connectivity index (χ2n) is 5.84. The van der Waals surface area contributed by atoms with Crippen LogP contribution in [-0.2, 0) is 0 Å². The molecule has 0 aliphatic carbocycles. The summed E-state index contributed by atoms with van der Waals surface area (Å²) in [4.78, 5) is 0. The van der Waals surface area contributed by atoms with E-state index in [1.54, 1.807) is 0 Å². The smallest absolute Gasteiger partial charge is 0.241 e. The quantitative estimate of drug-likeness (QED) is 0.585. The molecule has 124 valence electrons. The van der Waals surface area contributed by atoms with Gasteiger partial charge in [0.15, 0.2) is 0 Å². The topological polar surface area (TPSA) is 70.5 Å². The van der Waals surface area contributed by atoms with Crippen LogP contribution in [0.5, 0.6) is 11.5 Å². The molecule has 23 heavy (non-hydrogen) atoms. The Morgan fingerprint density at radius 1 is 0.870 bits per heavy atom. The zero-order valence-corrected chi connectivity index (χ0v) is 14.1. The van der Waals surface area contributed by atoms with E-state index in [1.165, 1.54) is 0 Å². The molecular formula is C19H26N2O2. The summed E-state index contributed by atoms with van der Waals surface area (Å²) >= 11 is 0. The Morgan fingerprint density at radius 2 is 1.52 bits per heavy atom. The Hall–Kier alpha value is -2.36. The van der Waals surface area contributed by atoms with Crippen LogP contribution < -0.4 is 20.9 Å². The summed E-state index contributed by atoms with van der Waals surface area (Å²) in [5.41, 5.74) is 15.3. The van der Waals surface area contributed by atoms with Crippen molar-refractivity contribution in [2.24, 2.45) is 0 Å². The molecule has 4 N–H and O–H groups in total. The van der Waals surface area contributed by atoms with Crippen LogP contribution in [-0.4, -0.2) is 6.29 Å². The zero-order chi connectivity index (χ0) is 16.8. The van der Waals surface area contributed by atoms with E-state index in [9.17, 15) is 0 Å². The van der Waals surface area contributed by atoms with Gasteiger partial charge >= 0.3 is 0 Å². The highest BCUT2D eigenvalue weighted by Gasteiger charge is 2.13. The van der Waals surface area contributed by atoms with E-state index in [0.29, 0.717) is 0 Å². The van der Waals surface area contributed by atoms with Crippen LogP contribution in [0, 0.1) is 13.8 Å². The van der Waals surface area contributed by atoms with Crippen molar-refractivity contribution in [1.82, 2.24) is 0 Å². The maximum absolute atomic E-state index is 6.01. The molecule has 2 aromatic rings. The fourth-order valence-electron chi connectivity index (χ4n) is 2.23. The second kappa shape index (κ2) is 7.77. The first-order valence-corrected chi connectivity index (χ1v) is 8.05. The standard InChI is InChI=1S/C19H26N2O2/c1-4-5-6-19(22-15-9-10-17(20)14(3)11-15)23-16-8-7-13(2)18(21)12-16/h7-12,19H,4-6,20-21H2,1-3H3. The monoisotopic (exact) mass is 314 g/mol. The lowest BCUT2D eigenvalue weighted by Crippen LogP contribution is -2.24. The molecule has 0 aliphatic heterocycles. The van der Waals surface area contributed by atoms with E-state index >= 15 is 0 Å². The lowest BCUT2D eigenvalue weighted by molar-refractivity contribution is -0.00209. The fraction of sp³-hybridized carbons (Fsp3) is 0.368. The summed E-state index contributed by atoms with van der Waals surface area (Å²) in [6.07, 6.45) is 2.58. The van der Waals surface area contributed by atoms with Gasteiger partial charge in [-0.05, 0) is 55.7 Å². The highest BCUT2D eigenvalue weighted by atomic mass is 16.7. The van der Waals surface area contributed by atoms with E-state index in [4.69, 9.17) is 20.9 Å². The molecule has 0 heterocycles. The molecule has 0 aromatic heterocycles. The third kappa shape index (κ3) is 4.81. The van der Waals surface area contributed by atoms with Crippen LogP contribution in [0.2, 0.25) is 0 Å². The van der Waals surface area contributed by atoms with Gasteiger partial charge in [0.1, 0.15) is 11.5 Å². The molecule has 0 aliphatic rings. The number of benzene rings is 2. The lowest BCUT2D eigenvalue weighted by atomic mass is 10.2. The molecule has 0 amide bonds. The molecule has 1 atom stereocenters. The number of rotatable bonds is 7. The molecule has 4 nitrogen and oxygen atoms in total. The van der Waals surface area contributed by atoms with Crippen molar-refractivity contribution in [3.63, 3.8) is 0 Å². The number of unbranched alkanes of at least 4 members (excludes halogenated alkanes) is 1.